The van der Waals surface area contributed by atoms with E-state index in [0.717, 1.165) is 27.3 Å². The summed E-state index contributed by atoms with van der Waals surface area (Å²) < 4.78 is 5.85. The second-order valence-corrected chi connectivity index (χ2v) is 7.30. The Hall–Kier alpha value is -3.31. The van der Waals surface area contributed by atoms with E-state index in [1.165, 1.54) is 0 Å². The van der Waals surface area contributed by atoms with Gasteiger partial charge in [0.05, 0.1) is 0 Å². The van der Waals surface area contributed by atoms with Crippen LogP contribution in [0.3, 0.4) is 0 Å². The summed E-state index contributed by atoms with van der Waals surface area (Å²) in [6.07, 6.45) is 0. The van der Waals surface area contributed by atoms with Gasteiger partial charge in [0.2, 0.25) is 0 Å². The molecule has 1 amide bonds. The highest BCUT2D eigenvalue weighted by atomic mass is 35.5. The van der Waals surface area contributed by atoms with Gasteiger partial charge in [0, 0.05) is 10.6 Å². The van der Waals surface area contributed by atoms with E-state index in [2.05, 4.69) is 5.32 Å². The summed E-state index contributed by atoms with van der Waals surface area (Å²) in [6, 6.07) is 17.7. The highest BCUT2D eigenvalue weighted by Crippen LogP contribution is 2.31. The van der Waals surface area contributed by atoms with Gasteiger partial charge in [-0.3, -0.25) is 4.79 Å². The third kappa shape index (κ3) is 3.69. The number of amides is 1. The summed E-state index contributed by atoms with van der Waals surface area (Å²) in [4.78, 5) is 23.3. The molecule has 1 unspecified atom stereocenters. The van der Waals surface area contributed by atoms with Crippen LogP contribution in [-0.2, 0) is 11.4 Å². The first-order chi connectivity index (χ1) is 13.9. The average Bonchev–Trinajstić information content (AvgIpc) is 3.05. The Bertz CT molecular complexity index is 1130. The van der Waals surface area contributed by atoms with Crippen molar-refractivity contribution in [3.8, 4) is 16.9 Å². The number of carboxylic acids is 1. The van der Waals surface area contributed by atoms with E-state index in [4.69, 9.17) is 16.3 Å². The van der Waals surface area contributed by atoms with Gasteiger partial charge in [-0.05, 0) is 59.0 Å². The van der Waals surface area contributed by atoms with Crippen molar-refractivity contribution in [2.75, 3.05) is 0 Å². The number of benzene rings is 3. The molecular weight excluding hydrogens is 390 g/mol. The number of fused-ring (bicyclic) bond motifs is 1. The Morgan fingerprint density at radius 3 is 2.69 bits per heavy atom. The second kappa shape index (κ2) is 7.60. The lowest BCUT2D eigenvalue weighted by atomic mass is 9.99. The zero-order valence-corrected chi connectivity index (χ0v) is 16.4. The molecule has 0 radical (unpaired) electrons. The third-order valence-electron chi connectivity index (χ3n) is 5.01. The first kappa shape index (κ1) is 19.0. The third-order valence-corrected chi connectivity index (χ3v) is 5.42. The molecular formula is C23H18ClNO4. The number of hydrogen-bond donors (Lipinski definition) is 2. The number of ether oxygens (including phenoxy) is 1. The van der Waals surface area contributed by atoms with Gasteiger partial charge in [0.1, 0.15) is 12.4 Å². The fraction of sp³-hybridized carbons (Fsp3) is 0.130. The lowest BCUT2D eigenvalue weighted by Gasteiger charge is -2.11. The SMILES string of the molecule is Cc1c(Cl)cccc1-c1cccc(COc2ccc3c(c2)C(=O)NC3C(=O)O)c1. The molecule has 0 saturated heterocycles. The maximum Gasteiger partial charge on any atom is 0.330 e. The average molecular weight is 408 g/mol. The summed E-state index contributed by atoms with van der Waals surface area (Å²) in [5, 5.41) is 12.4. The van der Waals surface area contributed by atoms with Crippen LogP contribution in [0.1, 0.15) is 33.1 Å². The van der Waals surface area contributed by atoms with E-state index in [0.29, 0.717) is 23.5 Å². The topological polar surface area (TPSA) is 75.6 Å². The molecule has 1 aliphatic heterocycles. The van der Waals surface area contributed by atoms with Gasteiger partial charge in [-0.25, -0.2) is 4.79 Å². The predicted molar refractivity (Wildman–Crippen MR) is 110 cm³/mol. The van der Waals surface area contributed by atoms with E-state index >= 15 is 0 Å². The minimum Gasteiger partial charge on any atom is -0.489 e. The van der Waals surface area contributed by atoms with Crippen LogP contribution < -0.4 is 10.1 Å². The van der Waals surface area contributed by atoms with Crippen molar-refractivity contribution in [3.05, 3.63) is 87.9 Å². The predicted octanol–water partition coefficient (Wildman–Crippen LogP) is 4.76. The van der Waals surface area contributed by atoms with Gasteiger partial charge in [-0.2, -0.15) is 0 Å². The van der Waals surface area contributed by atoms with Gasteiger partial charge < -0.3 is 15.2 Å². The van der Waals surface area contributed by atoms with Gasteiger partial charge in [-0.15, -0.1) is 0 Å². The Morgan fingerprint density at radius 1 is 1.10 bits per heavy atom. The standard InChI is InChI=1S/C23H18ClNO4/c1-13-17(6-3-7-20(13)24)15-5-2-4-14(10-15)12-29-16-8-9-18-19(11-16)22(26)25-21(18)23(27)28/h2-11,21H,12H2,1H3,(H,25,26)(H,27,28). The highest BCUT2D eigenvalue weighted by Gasteiger charge is 2.33. The number of carbonyl (C=O) groups is 2. The molecule has 146 valence electrons. The van der Waals surface area contributed by atoms with Crippen LogP contribution in [0, 0.1) is 6.92 Å². The molecule has 1 aliphatic rings. The smallest absolute Gasteiger partial charge is 0.330 e. The molecule has 0 spiro atoms. The summed E-state index contributed by atoms with van der Waals surface area (Å²) in [7, 11) is 0. The number of hydrogen-bond acceptors (Lipinski definition) is 3. The molecule has 0 saturated carbocycles. The zero-order valence-electron chi connectivity index (χ0n) is 15.6. The lowest BCUT2D eigenvalue weighted by molar-refractivity contribution is -0.139. The lowest BCUT2D eigenvalue weighted by Crippen LogP contribution is -2.25. The van der Waals surface area contributed by atoms with E-state index in [1.54, 1.807) is 18.2 Å². The molecule has 3 aromatic carbocycles. The maximum atomic E-state index is 12.0. The molecule has 6 heteroatoms. The molecule has 0 aliphatic carbocycles. The van der Waals surface area contributed by atoms with Crippen LogP contribution in [0.5, 0.6) is 5.75 Å². The van der Waals surface area contributed by atoms with Crippen molar-refractivity contribution in [3.63, 3.8) is 0 Å². The van der Waals surface area contributed by atoms with Crippen LogP contribution in [0.15, 0.2) is 60.7 Å². The molecule has 1 heterocycles. The van der Waals surface area contributed by atoms with Gasteiger partial charge >= 0.3 is 5.97 Å². The summed E-state index contributed by atoms with van der Waals surface area (Å²) in [5.74, 6) is -0.982. The van der Waals surface area contributed by atoms with Crippen LogP contribution in [0.2, 0.25) is 5.02 Å². The summed E-state index contributed by atoms with van der Waals surface area (Å²) in [5.41, 5.74) is 4.88. The Kier molecular flexibility index (Phi) is 4.99. The van der Waals surface area contributed by atoms with Gasteiger partial charge in [0.25, 0.3) is 5.91 Å². The number of carboxylic acid groups (broad SMARTS) is 1. The van der Waals surface area contributed by atoms with Crippen molar-refractivity contribution in [1.29, 1.82) is 0 Å². The van der Waals surface area contributed by atoms with Crippen LogP contribution in [0.25, 0.3) is 11.1 Å². The number of rotatable bonds is 5. The summed E-state index contributed by atoms with van der Waals surface area (Å²) in [6.45, 7) is 2.30. The molecule has 3 aromatic rings. The number of carbonyl (C=O) groups excluding carboxylic acids is 1. The zero-order chi connectivity index (χ0) is 20.5. The molecule has 4 rings (SSSR count). The second-order valence-electron chi connectivity index (χ2n) is 6.90. The van der Waals surface area contributed by atoms with E-state index in [9.17, 15) is 14.7 Å². The Balaban J connectivity index is 1.53. The van der Waals surface area contributed by atoms with E-state index < -0.39 is 17.9 Å². The van der Waals surface area contributed by atoms with Crippen LogP contribution >= 0.6 is 11.6 Å². The normalized spacial score (nSPS) is 15.0. The molecule has 2 N–H and O–H groups in total. The van der Waals surface area contributed by atoms with Crippen molar-refractivity contribution in [1.82, 2.24) is 5.32 Å². The first-order valence-electron chi connectivity index (χ1n) is 9.09. The van der Waals surface area contributed by atoms with Crippen molar-refractivity contribution < 1.29 is 19.4 Å². The van der Waals surface area contributed by atoms with Gasteiger partial charge in [-0.1, -0.05) is 48.0 Å². The maximum absolute atomic E-state index is 12.0. The Labute approximate surface area is 172 Å². The molecule has 0 fully saturated rings. The fourth-order valence-corrected chi connectivity index (χ4v) is 3.64. The largest absolute Gasteiger partial charge is 0.489 e. The Morgan fingerprint density at radius 2 is 1.90 bits per heavy atom. The quantitative estimate of drug-likeness (QED) is 0.639. The molecule has 0 aromatic heterocycles. The monoisotopic (exact) mass is 407 g/mol. The number of nitrogens with one attached hydrogen (secondary N) is 1. The van der Waals surface area contributed by atoms with E-state index in [-0.39, 0.29) is 0 Å². The van der Waals surface area contributed by atoms with Crippen LogP contribution in [-0.4, -0.2) is 17.0 Å². The minimum absolute atomic E-state index is 0.316. The van der Waals surface area contributed by atoms with Crippen molar-refractivity contribution >= 4 is 23.5 Å². The van der Waals surface area contributed by atoms with Crippen molar-refractivity contribution in [2.24, 2.45) is 0 Å². The molecule has 0 bridgehead atoms. The van der Waals surface area contributed by atoms with E-state index in [1.807, 2.05) is 49.4 Å². The molecule has 1 atom stereocenters. The number of halogens is 1. The minimum atomic E-state index is -1.08. The fourth-order valence-electron chi connectivity index (χ4n) is 3.47. The van der Waals surface area contributed by atoms with Crippen LogP contribution in [0.4, 0.5) is 0 Å². The highest BCUT2D eigenvalue weighted by molar-refractivity contribution is 6.31. The number of aliphatic carboxylic acids is 1. The van der Waals surface area contributed by atoms with Crippen molar-refractivity contribution in [2.45, 2.75) is 19.6 Å². The van der Waals surface area contributed by atoms with Gasteiger partial charge in [0.15, 0.2) is 6.04 Å². The summed E-state index contributed by atoms with van der Waals surface area (Å²) >= 11 is 6.24. The molecule has 5 nitrogen and oxygen atoms in total. The first-order valence-corrected chi connectivity index (χ1v) is 9.46. The molecule has 29 heavy (non-hydrogen) atoms.